The average Bonchev–Trinajstić information content (AvgIpc) is 3.37. The van der Waals surface area contributed by atoms with Crippen LogP contribution in [0, 0.1) is 0 Å². The third-order valence-corrected chi connectivity index (χ3v) is 4.67. The molecule has 0 spiro atoms. The van der Waals surface area contributed by atoms with Crippen LogP contribution in [0.3, 0.4) is 0 Å². The van der Waals surface area contributed by atoms with Gasteiger partial charge in [0.15, 0.2) is 5.82 Å². The Morgan fingerprint density at radius 1 is 1.14 bits per heavy atom. The molecule has 0 fully saturated rings. The van der Waals surface area contributed by atoms with Crippen LogP contribution < -0.4 is 5.43 Å². The average molecular weight is 389 g/mol. The van der Waals surface area contributed by atoms with E-state index in [9.17, 15) is 4.79 Å². The topological polar surface area (TPSA) is 83.4 Å². The van der Waals surface area contributed by atoms with Crippen molar-refractivity contribution in [1.29, 1.82) is 0 Å². The highest BCUT2D eigenvalue weighted by Gasteiger charge is 2.09. The second kappa shape index (κ2) is 8.22. The molecular weight excluding hydrogens is 366 g/mol. The SMILES string of the molecule is CCCCn1cnc(-c2cccc(Cc3nn(-c4cnn(C)c4)ccc3=O)c2)n1. The van der Waals surface area contributed by atoms with E-state index in [0.717, 1.165) is 36.2 Å². The fraction of sp³-hybridized carbons (Fsp3) is 0.286. The zero-order chi connectivity index (χ0) is 20.2. The van der Waals surface area contributed by atoms with E-state index in [1.165, 1.54) is 6.07 Å². The van der Waals surface area contributed by atoms with Crippen molar-refractivity contribution in [3.05, 3.63) is 76.7 Å². The maximum atomic E-state index is 12.3. The van der Waals surface area contributed by atoms with Gasteiger partial charge in [0, 0.05) is 37.8 Å². The minimum atomic E-state index is -0.0856. The van der Waals surface area contributed by atoms with Crippen LogP contribution in [-0.2, 0) is 20.0 Å². The molecule has 0 saturated carbocycles. The lowest BCUT2D eigenvalue weighted by molar-refractivity contribution is 0.571. The Balaban J connectivity index is 1.58. The van der Waals surface area contributed by atoms with Gasteiger partial charge in [0.25, 0.3) is 0 Å². The first-order valence-corrected chi connectivity index (χ1v) is 9.69. The van der Waals surface area contributed by atoms with E-state index >= 15 is 0 Å². The van der Waals surface area contributed by atoms with E-state index in [1.54, 1.807) is 28.1 Å². The fourth-order valence-electron chi connectivity index (χ4n) is 3.11. The molecule has 1 aromatic carbocycles. The Kier molecular flexibility index (Phi) is 5.33. The molecule has 8 heteroatoms. The van der Waals surface area contributed by atoms with Crippen LogP contribution >= 0.6 is 0 Å². The second-order valence-electron chi connectivity index (χ2n) is 7.01. The zero-order valence-electron chi connectivity index (χ0n) is 16.6. The van der Waals surface area contributed by atoms with E-state index in [-0.39, 0.29) is 5.43 Å². The van der Waals surface area contributed by atoms with Gasteiger partial charge in [0.2, 0.25) is 5.43 Å². The summed E-state index contributed by atoms with van der Waals surface area (Å²) in [6, 6.07) is 9.48. The molecule has 0 saturated heterocycles. The first-order valence-electron chi connectivity index (χ1n) is 9.69. The predicted octanol–water partition coefficient (Wildman–Crippen LogP) is 2.62. The predicted molar refractivity (Wildman–Crippen MR) is 110 cm³/mol. The largest absolute Gasteiger partial charge is 0.288 e. The summed E-state index contributed by atoms with van der Waals surface area (Å²) in [5.74, 6) is 0.691. The summed E-state index contributed by atoms with van der Waals surface area (Å²) < 4.78 is 5.24. The normalized spacial score (nSPS) is 11.1. The van der Waals surface area contributed by atoms with Crippen LogP contribution in [0.2, 0.25) is 0 Å². The minimum Gasteiger partial charge on any atom is -0.288 e. The van der Waals surface area contributed by atoms with Gasteiger partial charge in [-0.3, -0.25) is 14.2 Å². The van der Waals surface area contributed by atoms with Crippen molar-refractivity contribution in [3.63, 3.8) is 0 Å². The Hall–Kier alpha value is -3.55. The van der Waals surface area contributed by atoms with Gasteiger partial charge >= 0.3 is 0 Å². The number of aryl methyl sites for hydroxylation is 2. The van der Waals surface area contributed by atoms with Gasteiger partial charge in [-0.1, -0.05) is 31.5 Å². The summed E-state index contributed by atoms with van der Waals surface area (Å²) >= 11 is 0. The van der Waals surface area contributed by atoms with Crippen molar-refractivity contribution < 1.29 is 0 Å². The molecule has 0 aliphatic carbocycles. The van der Waals surface area contributed by atoms with Crippen LogP contribution in [0.25, 0.3) is 17.1 Å². The first kappa shape index (κ1) is 18.8. The van der Waals surface area contributed by atoms with Gasteiger partial charge in [0.1, 0.15) is 17.7 Å². The highest BCUT2D eigenvalue weighted by atomic mass is 16.1. The molecule has 0 aliphatic heterocycles. The lowest BCUT2D eigenvalue weighted by Gasteiger charge is -2.06. The molecule has 0 unspecified atom stereocenters. The molecular formula is C21H23N7O. The molecule has 4 rings (SSSR count). The molecule has 4 aromatic rings. The van der Waals surface area contributed by atoms with Gasteiger partial charge in [0.05, 0.1) is 12.4 Å². The van der Waals surface area contributed by atoms with Gasteiger partial charge < -0.3 is 0 Å². The lowest BCUT2D eigenvalue weighted by atomic mass is 10.1. The number of hydrogen-bond acceptors (Lipinski definition) is 5. The fourth-order valence-corrected chi connectivity index (χ4v) is 3.11. The summed E-state index contributed by atoms with van der Waals surface area (Å²) in [5, 5.41) is 13.2. The molecule has 3 aromatic heterocycles. The van der Waals surface area contributed by atoms with Crippen molar-refractivity contribution >= 4 is 0 Å². The quantitative estimate of drug-likeness (QED) is 0.485. The van der Waals surface area contributed by atoms with Crippen LogP contribution in [-0.4, -0.2) is 34.3 Å². The first-order chi connectivity index (χ1) is 14.1. The third kappa shape index (κ3) is 4.31. The summed E-state index contributed by atoms with van der Waals surface area (Å²) in [6.45, 7) is 3.02. The summed E-state index contributed by atoms with van der Waals surface area (Å²) in [4.78, 5) is 16.8. The summed E-state index contributed by atoms with van der Waals surface area (Å²) in [5.41, 5.74) is 3.12. The van der Waals surface area contributed by atoms with Crippen LogP contribution in [0.15, 0.2) is 60.0 Å². The van der Waals surface area contributed by atoms with E-state index in [2.05, 4.69) is 27.2 Å². The van der Waals surface area contributed by atoms with E-state index < -0.39 is 0 Å². The molecule has 8 nitrogen and oxygen atoms in total. The monoisotopic (exact) mass is 389 g/mol. The van der Waals surface area contributed by atoms with E-state index in [0.29, 0.717) is 17.9 Å². The second-order valence-corrected chi connectivity index (χ2v) is 7.01. The molecule has 0 amide bonds. The molecule has 0 atom stereocenters. The van der Waals surface area contributed by atoms with Crippen molar-refractivity contribution in [2.45, 2.75) is 32.7 Å². The number of nitrogens with zero attached hydrogens (tertiary/aromatic N) is 7. The molecule has 0 bridgehead atoms. The van der Waals surface area contributed by atoms with Crippen LogP contribution in [0.5, 0.6) is 0 Å². The van der Waals surface area contributed by atoms with Crippen LogP contribution in [0.4, 0.5) is 0 Å². The lowest BCUT2D eigenvalue weighted by Crippen LogP contribution is -2.16. The number of benzene rings is 1. The van der Waals surface area contributed by atoms with Gasteiger partial charge in [-0.15, -0.1) is 0 Å². The van der Waals surface area contributed by atoms with E-state index in [4.69, 9.17) is 0 Å². The van der Waals surface area contributed by atoms with Crippen molar-refractivity contribution in [3.8, 4) is 17.1 Å². The standard InChI is InChI=1S/C21H23N7O/c1-3-4-9-27-15-22-21(25-27)17-7-5-6-16(11-17)12-19-20(29)8-10-28(24-19)18-13-23-26(2)14-18/h5-8,10-11,13-15H,3-4,9,12H2,1-2H3. The molecule has 0 aliphatic rings. The third-order valence-electron chi connectivity index (χ3n) is 4.67. The Bertz CT molecular complexity index is 1170. The summed E-state index contributed by atoms with van der Waals surface area (Å²) in [7, 11) is 1.84. The number of hydrogen-bond donors (Lipinski definition) is 0. The number of unbranched alkanes of at least 4 members (excludes halogenated alkanes) is 1. The maximum Gasteiger partial charge on any atom is 0.203 e. The summed E-state index contributed by atoms with van der Waals surface area (Å²) in [6.07, 6.45) is 9.61. The minimum absolute atomic E-state index is 0.0856. The van der Waals surface area contributed by atoms with Gasteiger partial charge in [-0.25, -0.2) is 9.67 Å². The molecule has 3 heterocycles. The number of rotatable bonds is 7. The maximum absolute atomic E-state index is 12.3. The Morgan fingerprint density at radius 3 is 2.83 bits per heavy atom. The van der Waals surface area contributed by atoms with Gasteiger partial charge in [-0.2, -0.15) is 15.3 Å². The molecule has 0 N–H and O–H groups in total. The Morgan fingerprint density at radius 2 is 2.03 bits per heavy atom. The smallest absolute Gasteiger partial charge is 0.203 e. The van der Waals surface area contributed by atoms with E-state index in [1.807, 2.05) is 42.2 Å². The van der Waals surface area contributed by atoms with Gasteiger partial charge in [-0.05, 0) is 18.1 Å². The van der Waals surface area contributed by atoms with Crippen molar-refractivity contribution in [2.75, 3.05) is 0 Å². The Labute approximate surface area is 168 Å². The number of aromatic nitrogens is 7. The molecule has 29 heavy (non-hydrogen) atoms. The van der Waals surface area contributed by atoms with Crippen molar-refractivity contribution in [1.82, 2.24) is 34.3 Å². The molecule has 0 radical (unpaired) electrons. The zero-order valence-corrected chi connectivity index (χ0v) is 16.6. The van der Waals surface area contributed by atoms with Crippen LogP contribution in [0.1, 0.15) is 31.0 Å². The highest BCUT2D eigenvalue weighted by Crippen LogP contribution is 2.17. The van der Waals surface area contributed by atoms with Crippen molar-refractivity contribution in [2.24, 2.45) is 7.05 Å². The molecule has 148 valence electrons. The highest BCUT2D eigenvalue weighted by molar-refractivity contribution is 5.55.